The van der Waals surface area contributed by atoms with E-state index in [1.807, 2.05) is 19.9 Å². The quantitative estimate of drug-likeness (QED) is 0.825. The molecule has 0 atom stereocenters. The zero-order valence-electron chi connectivity index (χ0n) is 11.4. The number of carbonyl (C=O) groups is 1. The molecule has 0 unspecified atom stereocenters. The number of imidazole rings is 1. The Morgan fingerprint density at radius 2 is 2.11 bits per heavy atom. The van der Waals surface area contributed by atoms with Gasteiger partial charge >= 0.3 is 0 Å². The van der Waals surface area contributed by atoms with E-state index in [1.54, 1.807) is 30.4 Å². The van der Waals surface area contributed by atoms with Crippen molar-refractivity contribution in [2.24, 2.45) is 0 Å². The van der Waals surface area contributed by atoms with E-state index < -0.39 is 0 Å². The number of H-pyrrole nitrogens is 1. The average molecular weight is 258 g/mol. The molecule has 0 aliphatic rings. The molecule has 5 heteroatoms. The Balaban J connectivity index is 2.21. The van der Waals surface area contributed by atoms with Crippen molar-refractivity contribution in [3.05, 3.63) is 47.0 Å². The molecule has 0 fully saturated rings. The molecule has 0 spiro atoms. The summed E-state index contributed by atoms with van der Waals surface area (Å²) in [4.78, 5) is 21.1. The standard InChI is InChI=1S/C14H18N4O/c1-9-6-10(2)12(15)7-11(9)14(19)18(3)8-13-16-4-5-17-13/h4-7H,8,15H2,1-3H3,(H,16,17). The summed E-state index contributed by atoms with van der Waals surface area (Å²) in [6, 6.07) is 3.68. The third-order valence-corrected chi connectivity index (χ3v) is 3.13. The van der Waals surface area contributed by atoms with Gasteiger partial charge in [0.25, 0.3) is 5.91 Å². The number of rotatable bonds is 3. The van der Waals surface area contributed by atoms with E-state index in [1.165, 1.54) is 0 Å². The molecule has 19 heavy (non-hydrogen) atoms. The van der Waals surface area contributed by atoms with Crippen LogP contribution in [0, 0.1) is 13.8 Å². The largest absolute Gasteiger partial charge is 0.398 e. The van der Waals surface area contributed by atoms with Crippen molar-refractivity contribution in [1.29, 1.82) is 0 Å². The van der Waals surface area contributed by atoms with Crippen LogP contribution >= 0.6 is 0 Å². The lowest BCUT2D eigenvalue weighted by atomic mass is 10.0. The van der Waals surface area contributed by atoms with E-state index in [4.69, 9.17) is 5.73 Å². The van der Waals surface area contributed by atoms with Gasteiger partial charge in [-0.05, 0) is 31.0 Å². The van der Waals surface area contributed by atoms with E-state index in [0.717, 1.165) is 17.0 Å². The third kappa shape index (κ3) is 2.76. The number of aryl methyl sites for hydroxylation is 2. The van der Waals surface area contributed by atoms with E-state index >= 15 is 0 Å². The maximum absolute atomic E-state index is 12.4. The number of aromatic nitrogens is 2. The first-order chi connectivity index (χ1) is 8.99. The summed E-state index contributed by atoms with van der Waals surface area (Å²) in [5, 5.41) is 0. The summed E-state index contributed by atoms with van der Waals surface area (Å²) in [7, 11) is 1.75. The lowest BCUT2D eigenvalue weighted by Crippen LogP contribution is -2.27. The zero-order valence-corrected chi connectivity index (χ0v) is 11.4. The number of hydrogen-bond acceptors (Lipinski definition) is 3. The molecule has 1 aromatic heterocycles. The molecular formula is C14H18N4O. The molecule has 0 bridgehead atoms. The predicted octanol–water partition coefficient (Wildman–Crippen LogP) is 1.88. The molecule has 3 N–H and O–H groups in total. The topological polar surface area (TPSA) is 75.0 Å². The predicted molar refractivity (Wildman–Crippen MR) is 74.7 cm³/mol. The second kappa shape index (κ2) is 5.14. The number of benzene rings is 1. The molecule has 2 aromatic rings. The van der Waals surface area contributed by atoms with Crippen molar-refractivity contribution in [3.8, 4) is 0 Å². The van der Waals surface area contributed by atoms with Crippen LogP contribution in [-0.2, 0) is 6.54 Å². The van der Waals surface area contributed by atoms with Gasteiger partial charge in [-0.15, -0.1) is 0 Å². The van der Waals surface area contributed by atoms with Crippen molar-refractivity contribution in [2.45, 2.75) is 20.4 Å². The second-order valence-corrected chi connectivity index (χ2v) is 4.72. The highest BCUT2D eigenvalue weighted by Gasteiger charge is 2.16. The first-order valence-electron chi connectivity index (χ1n) is 6.09. The molecule has 1 amide bonds. The molecule has 0 saturated heterocycles. The fraction of sp³-hybridized carbons (Fsp3) is 0.286. The number of nitrogens with one attached hydrogen (secondary N) is 1. The Morgan fingerprint density at radius 1 is 1.37 bits per heavy atom. The van der Waals surface area contributed by atoms with Gasteiger partial charge in [-0.25, -0.2) is 4.98 Å². The van der Waals surface area contributed by atoms with Gasteiger partial charge in [0.2, 0.25) is 0 Å². The van der Waals surface area contributed by atoms with E-state index in [0.29, 0.717) is 17.8 Å². The Bertz CT molecular complexity index is 590. The summed E-state index contributed by atoms with van der Waals surface area (Å²) >= 11 is 0. The minimum absolute atomic E-state index is 0.0550. The van der Waals surface area contributed by atoms with Gasteiger partial charge in [0.15, 0.2) is 0 Å². The van der Waals surface area contributed by atoms with Crippen molar-refractivity contribution < 1.29 is 4.79 Å². The van der Waals surface area contributed by atoms with E-state index in [-0.39, 0.29) is 5.91 Å². The van der Waals surface area contributed by atoms with Gasteiger partial charge in [-0.3, -0.25) is 4.79 Å². The molecule has 5 nitrogen and oxygen atoms in total. The summed E-state index contributed by atoms with van der Waals surface area (Å²) in [5.41, 5.74) is 9.07. The van der Waals surface area contributed by atoms with E-state index in [9.17, 15) is 4.79 Å². The van der Waals surface area contributed by atoms with E-state index in [2.05, 4.69) is 9.97 Å². The third-order valence-electron chi connectivity index (χ3n) is 3.13. The first kappa shape index (κ1) is 13.1. The number of nitrogens with zero attached hydrogens (tertiary/aromatic N) is 2. The minimum atomic E-state index is -0.0550. The molecule has 0 saturated carbocycles. The number of carbonyl (C=O) groups excluding carboxylic acids is 1. The van der Waals surface area contributed by atoms with Gasteiger partial charge in [0, 0.05) is 30.7 Å². The van der Waals surface area contributed by atoms with Gasteiger partial charge < -0.3 is 15.6 Å². The molecule has 0 aliphatic heterocycles. The number of nitrogens with two attached hydrogens (primary N) is 1. The van der Waals surface area contributed by atoms with Crippen LogP contribution in [0.4, 0.5) is 5.69 Å². The summed E-state index contributed by atoms with van der Waals surface area (Å²) < 4.78 is 0. The molecular weight excluding hydrogens is 240 g/mol. The highest BCUT2D eigenvalue weighted by Crippen LogP contribution is 2.19. The number of hydrogen-bond donors (Lipinski definition) is 2. The monoisotopic (exact) mass is 258 g/mol. The van der Waals surface area contributed by atoms with Crippen LogP contribution in [0.3, 0.4) is 0 Å². The fourth-order valence-electron chi connectivity index (χ4n) is 1.99. The van der Waals surface area contributed by atoms with Crippen LogP contribution in [0.2, 0.25) is 0 Å². The molecule has 1 heterocycles. The highest BCUT2D eigenvalue weighted by atomic mass is 16.2. The SMILES string of the molecule is Cc1cc(C)c(C(=O)N(C)Cc2ncc[nH]2)cc1N. The average Bonchev–Trinajstić information content (AvgIpc) is 2.85. The van der Waals surface area contributed by atoms with Crippen LogP contribution in [0.25, 0.3) is 0 Å². The molecule has 100 valence electrons. The molecule has 0 aliphatic carbocycles. The molecule has 0 radical (unpaired) electrons. The Hall–Kier alpha value is -2.30. The fourth-order valence-corrected chi connectivity index (χ4v) is 1.99. The van der Waals surface area contributed by atoms with Gasteiger partial charge in [-0.2, -0.15) is 0 Å². The number of nitrogen functional groups attached to an aromatic ring is 1. The summed E-state index contributed by atoms with van der Waals surface area (Å²) in [5.74, 6) is 0.703. The smallest absolute Gasteiger partial charge is 0.254 e. The first-order valence-corrected chi connectivity index (χ1v) is 6.09. The summed E-state index contributed by atoms with van der Waals surface area (Å²) in [6.45, 7) is 4.29. The van der Waals surface area contributed by atoms with Gasteiger partial charge in [0.1, 0.15) is 5.82 Å². The highest BCUT2D eigenvalue weighted by molar-refractivity contribution is 5.96. The maximum Gasteiger partial charge on any atom is 0.254 e. The van der Waals surface area contributed by atoms with Gasteiger partial charge in [-0.1, -0.05) is 6.07 Å². The number of amides is 1. The lowest BCUT2D eigenvalue weighted by molar-refractivity contribution is 0.0781. The van der Waals surface area contributed by atoms with Gasteiger partial charge in [0.05, 0.1) is 6.54 Å². The van der Waals surface area contributed by atoms with Crippen molar-refractivity contribution >= 4 is 11.6 Å². The second-order valence-electron chi connectivity index (χ2n) is 4.72. The normalized spacial score (nSPS) is 10.5. The van der Waals surface area contributed by atoms with Crippen molar-refractivity contribution in [3.63, 3.8) is 0 Å². The molecule has 2 rings (SSSR count). The zero-order chi connectivity index (χ0) is 14.0. The van der Waals surface area contributed by atoms with Crippen LogP contribution in [-0.4, -0.2) is 27.8 Å². The van der Waals surface area contributed by atoms with Crippen molar-refractivity contribution in [2.75, 3.05) is 12.8 Å². The Labute approximate surface area is 112 Å². The van der Waals surface area contributed by atoms with Crippen LogP contribution in [0.1, 0.15) is 27.3 Å². The maximum atomic E-state index is 12.4. The number of aromatic amines is 1. The van der Waals surface area contributed by atoms with Crippen LogP contribution in [0.15, 0.2) is 24.5 Å². The lowest BCUT2D eigenvalue weighted by Gasteiger charge is -2.18. The minimum Gasteiger partial charge on any atom is -0.398 e. The molecule has 1 aromatic carbocycles. The summed E-state index contributed by atoms with van der Waals surface area (Å²) in [6.07, 6.45) is 3.41. The Morgan fingerprint density at radius 3 is 2.74 bits per heavy atom. The van der Waals surface area contributed by atoms with Crippen molar-refractivity contribution in [1.82, 2.24) is 14.9 Å². The Kier molecular flexibility index (Phi) is 3.55. The van der Waals surface area contributed by atoms with Crippen LogP contribution < -0.4 is 5.73 Å². The number of anilines is 1. The van der Waals surface area contributed by atoms with Crippen LogP contribution in [0.5, 0.6) is 0 Å².